The molecule has 0 saturated heterocycles. The Hall–Kier alpha value is -2.69. The fourth-order valence-electron chi connectivity index (χ4n) is 2.03. The van der Waals surface area contributed by atoms with E-state index in [0.29, 0.717) is 28.5 Å². The molecule has 22 heavy (non-hydrogen) atoms. The van der Waals surface area contributed by atoms with Gasteiger partial charge in [0.25, 0.3) is 0 Å². The minimum Gasteiger partial charge on any atom is -0.497 e. The van der Waals surface area contributed by atoms with Gasteiger partial charge in [0.1, 0.15) is 17.2 Å². The summed E-state index contributed by atoms with van der Waals surface area (Å²) in [5.41, 5.74) is 6.71. The number of rotatable bonds is 6. The summed E-state index contributed by atoms with van der Waals surface area (Å²) in [4.78, 5) is 12.5. The number of carbonyl (C=O) groups excluding carboxylic acids is 1. The highest BCUT2D eigenvalue weighted by molar-refractivity contribution is 6.02. The van der Waals surface area contributed by atoms with Crippen molar-refractivity contribution in [2.24, 2.45) is 0 Å². The number of hydrogen-bond donors (Lipinski definition) is 1. The van der Waals surface area contributed by atoms with Gasteiger partial charge >= 0.3 is 0 Å². The van der Waals surface area contributed by atoms with Crippen LogP contribution in [0.2, 0.25) is 0 Å². The first kappa shape index (κ1) is 15.7. The van der Waals surface area contributed by atoms with E-state index in [4.69, 9.17) is 19.9 Å². The molecule has 5 heteroatoms. The summed E-state index contributed by atoms with van der Waals surface area (Å²) in [7, 11) is 3.07. The van der Waals surface area contributed by atoms with E-state index in [0.717, 1.165) is 0 Å². The van der Waals surface area contributed by atoms with Crippen molar-refractivity contribution in [3.05, 3.63) is 48.0 Å². The quantitative estimate of drug-likeness (QED) is 0.656. The molecular formula is C17H19NO4. The lowest BCUT2D eigenvalue weighted by Crippen LogP contribution is -2.24. The van der Waals surface area contributed by atoms with Gasteiger partial charge < -0.3 is 19.9 Å². The predicted molar refractivity (Wildman–Crippen MR) is 84.8 cm³/mol. The number of anilines is 1. The van der Waals surface area contributed by atoms with Crippen molar-refractivity contribution < 1.29 is 19.0 Å². The second kappa shape index (κ2) is 6.85. The number of benzene rings is 2. The van der Waals surface area contributed by atoms with Crippen molar-refractivity contribution in [3.63, 3.8) is 0 Å². The molecule has 2 aromatic rings. The molecule has 0 aliphatic rings. The number of Topliss-reactive ketones (excluding diaryl/α,β-unsaturated/α-hetero) is 1. The Morgan fingerprint density at radius 3 is 2.23 bits per heavy atom. The standard InChI is InChI=1S/C17H19NO4/c1-11(22-13-6-4-12(18)5-7-13)17(19)15-9-8-14(20-2)10-16(15)21-3/h4-11H,18H2,1-3H3. The second-order valence-electron chi connectivity index (χ2n) is 4.76. The normalized spacial score (nSPS) is 11.6. The molecule has 2 N–H and O–H groups in total. The largest absolute Gasteiger partial charge is 0.497 e. The van der Waals surface area contributed by atoms with Crippen LogP contribution in [0.4, 0.5) is 5.69 Å². The molecule has 1 atom stereocenters. The topological polar surface area (TPSA) is 70.8 Å². The van der Waals surface area contributed by atoms with Gasteiger partial charge in [0, 0.05) is 11.8 Å². The molecule has 0 aliphatic heterocycles. The van der Waals surface area contributed by atoms with E-state index in [1.807, 2.05) is 0 Å². The van der Waals surface area contributed by atoms with E-state index >= 15 is 0 Å². The van der Waals surface area contributed by atoms with Gasteiger partial charge in [-0.1, -0.05) is 0 Å². The first-order chi connectivity index (χ1) is 10.5. The molecule has 0 aromatic heterocycles. The Labute approximate surface area is 129 Å². The maximum atomic E-state index is 12.5. The van der Waals surface area contributed by atoms with Crippen LogP contribution in [-0.4, -0.2) is 26.1 Å². The highest BCUT2D eigenvalue weighted by Crippen LogP contribution is 2.26. The monoisotopic (exact) mass is 301 g/mol. The summed E-state index contributed by atoms with van der Waals surface area (Å²) >= 11 is 0. The third-order valence-corrected chi connectivity index (χ3v) is 3.24. The second-order valence-corrected chi connectivity index (χ2v) is 4.76. The molecule has 0 spiro atoms. The molecule has 0 radical (unpaired) electrons. The summed E-state index contributed by atoms with van der Waals surface area (Å²) < 4.78 is 16.0. The summed E-state index contributed by atoms with van der Waals surface area (Å²) in [5.74, 6) is 1.50. The van der Waals surface area contributed by atoms with Gasteiger partial charge in [0.05, 0.1) is 19.8 Å². The summed E-state index contributed by atoms with van der Waals surface area (Å²) in [6, 6.07) is 12.0. The van der Waals surface area contributed by atoms with Gasteiger partial charge in [-0.3, -0.25) is 4.79 Å². The van der Waals surface area contributed by atoms with Crippen molar-refractivity contribution in [2.45, 2.75) is 13.0 Å². The molecule has 2 aromatic carbocycles. The number of carbonyl (C=O) groups is 1. The fraction of sp³-hybridized carbons (Fsp3) is 0.235. The van der Waals surface area contributed by atoms with E-state index in [-0.39, 0.29) is 5.78 Å². The lowest BCUT2D eigenvalue weighted by molar-refractivity contribution is 0.0815. The number of methoxy groups -OCH3 is 2. The molecule has 0 saturated carbocycles. The zero-order valence-corrected chi connectivity index (χ0v) is 12.8. The average molecular weight is 301 g/mol. The summed E-state index contributed by atoms with van der Waals surface area (Å²) in [5, 5.41) is 0. The van der Waals surface area contributed by atoms with E-state index < -0.39 is 6.10 Å². The van der Waals surface area contributed by atoms with Crippen molar-refractivity contribution in [1.82, 2.24) is 0 Å². The lowest BCUT2D eigenvalue weighted by atomic mass is 10.1. The molecule has 5 nitrogen and oxygen atoms in total. The van der Waals surface area contributed by atoms with E-state index in [1.54, 1.807) is 56.5 Å². The van der Waals surface area contributed by atoms with Crippen molar-refractivity contribution in [2.75, 3.05) is 20.0 Å². The fourth-order valence-corrected chi connectivity index (χ4v) is 2.03. The van der Waals surface area contributed by atoms with Gasteiger partial charge in [-0.2, -0.15) is 0 Å². The molecular weight excluding hydrogens is 282 g/mol. The molecule has 0 bridgehead atoms. The summed E-state index contributed by atoms with van der Waals surface area (Å²) in [6.45, 7) is 1.70. The number of nitrogens with two attached hydrogens (primary N) is 1. The lowest BCUT2D eigenvalue weighted by Gasteiger charge is -2.16. The van der Waals surface area contributed by atoms with Crippen LogP contribution in [0.15, 0.2) is 42.5 Å². The number of ketones is 1. The highest BCUT2D eigenvalue weighted by atomic mass is 16.5. The third kappa shape index (κ3) is 3.49. The smallest absolute Gasteiger partial charge is 0.206 e. The van der Waals surface area contributed by atoms with E-state index in [9.17, 15) is 4.79 Å². The summed E-state index contributed by atoms with van der Waals surface area (Å²) in [6.07, 6.45) is -0.647. The molecule has 116 valence electrons. The third-order valence-electron chi connectivity index (χ3n) is 3.24. The molecule has 0 amide bonds. The van der Waals surface area contributed by atoms with Crippen molar-refractivity contribution >= 4 is 11.5 Å². The van der Waals surface area contributed by atoms with Gasteiger partial charge in [-0.25, -0.2) is 0 Å². The Kier molecular flexibility index (Phi) is 4.88. The van der Waals surface area contributed by atoms with Crippen LogP contribution in [0.25, 0.3) is 0 Å². The van der Waals surface area contributed by atoms with Crippen LogP contribution in [0.1, 0.15) is 17.3 Å². The maximum absolute atomic E-state index is 12.5. The van der Waals surface area contributed by atoms with E-state index in [1.165, 1.54) is 7.11 Å². The predicted octanol–water partition coefficient (Wildman–Crippen LogP) is 2.94. The van der Waals surface area contributed by atoms with Gasteiger partial charge in [-0.15, -0.1) is 0 Å². The van der Waals surface area contributed by atoms with Crippen LogP contribution >= 0.6 is 0 Å². The Balaban J connectivity index is 2.18. The Morgan fingerprint density at radius 1 is 1.00 bits per heavy atom. The first-order valence-electron chi connectivity index (χ1n) is 6.83. The molecule has 1 unspecified atom stereocenters. The molecule has 2 rings (SSSR count). The Morgan fingerprint density at radius 2 is 1.64 bits per heavy atom. The number of nitrogen functional groups attached to an aromatic ring is 1. The average Bonchev–Trinajstić information content (AvgIpc) is 2.55. The maximum Gasteiger partial charge on any atom is 0.206 e. The number of hydrogen-bond acceptors (Lipinski definition) is 5. The molecule has 0 fully saturated rings. The first-order valence-corrected chi connectivity index (χ1v) is 6.83. The van der Waals surface area contributed by atoms with E-state index in [2.05, 4.69) is 0 Å². The van der Waals surface area contributed by atoms with Gasteiger partial charge in [0.2, 0.25) is 5.78 Å². The minimum atomic E-state index is -0.647. The van der Waals surface area contributed by atoms with Crippen LogP contribution < -0.4 is 19.9 Å². The van der Waals surface area contributed by atoms with Gasteiger partial charge in [0.15, 0.2) is 6.10 Å². The van der Waals surface area contributed by atoms with Gasteiger partial charge in [-0.05, 0) is 43.3 Å². The van der Waals surface area contributed by atoms with Crippen LogP contribution in [0.3, 0.4) is 0 Å². The van der Waals surface area contributed by atoms with Crippen molar-refractivity contribution in [3.8, 4) is 17.2 Å². The number of ether oxygens (including phenoxy) is 3. The van der Waals surface area contributed by atoms with Crippen LogP contribution in [0.5, 0.6) is 17.2 Å². The van der Waals surface area contributed by atoms with Crippen LogP contribution in [0, 0.1) is 0 Å². The Bertz CT molecular complexity index is 652. The molecule has 0 heterocycles. The SMILES string of the molecule is COc1ccc(C(=O)C(C)Oc2ccc(N)cc2)c(OC)c1. The van der Waals surface area contributed by atoms with Crippen LogP contribution in [-0.2, 0) is 0 Å². The highest BCUT2D eigenvalue weighted by Gasteiger charge is 2.21. The van der Waals surface area contributed by atoms with Crippen molar-refractivity contribution in [1.29, 1.82) is 0 Å². The zero-order chi connectivity index (χ0) is 16.1. The zero-order valence-electron chi connectivity index (χ0n) is 12.8. The molecule has 0 aliphatic carbocycles. The minimum absolute atomic E-state index is 0.170.